The topological polar surface area (TPSA) is 52.6 Å². The summed E-state index contributed by atoms with van der Waals surface area (Å²) in [6, 6.07) is 6.69. The van der Waals surface area contributed by atoms with E-state index in [2.05, 4.69) is 6.58 Å². The van der Waals surface area contributed by atoms with Crippen LogP contribution >= 0.6 is 0 Å². The number of ether oxygens (including phenoxy) is 2. The zero-order valence-electron chi connectivity index (χ0n) is 12.1. The maximum atomic E-state index is 11.7. The molecule has 0 aliphatic rings. The Morgan fingerprint density at radius 1 is 1.20 bits per heavy atom. The van der Waals surface area contributed by atoms with Crippen molar-refractivity contribution in [1.29, 1.82) is 0 Å². The maximum Gasteiger partial charge on any atom is 0.338 e. The van der Waals surface area contributed by atoms with Crippen LogP contribution in [-0.4, -0.2) is 24.1 Å². The van der Waals surface area contributed by atoms with E-state index in [1.54, 1.807) is 24.3 Å². The highest BCUT2D eigenvalue weighted by Gasteiger charge is 2.16. The van der Waals surface area contributed by atoms with Crippen molar-refractivity contribution in [3.05, 3.63) is 48.0 Å². The van der Waals surface area contributed by atoms with Crippen LogP contribution in [0.3, 0.4) is 0 Å². The second-order valence-electron chi connectivity index (χ2n) is 5.35. The van der Waals surface area contributed by atoms with Crippen molar-refractivity contribution in [1.82, 2.24) is 0 Å². The Morgan fingerprint density at radius 2 is 1.80 bits per heavy atom. The summed E-state index contributed by atoms with van der Waals surface area (Å²) in [5.41, 5.74) is 0.741. The third-order valence-corrected chi connectivity index (χ3v) is 2.29. The van der Waals surface area contributed by atoms with E-state index in [4.69, 9.17) is 9.47 Å². The van der Waals surface area contributed by atoms with Gasteiger partial charge in [-0.3, -0.25) is 4.79 Å². The van der Waals surface area contributed by atoms with Crippen LogP contribution < -0.4 is 0 Å². The van der Waals surface area contributed by atoms with Crippen LogP contribution in [-0.2, 0) is 20.7 Å². The molecule has 0 saturated heterocycles. The number of benzene rings is 1. The first-order chi connectivity index (χ1) is 9.31. The average Bonchev–Trinajstić information content (AvgIpc) is 2.34. The number of rotatable bonds is 5. The predicted molar refractivity (Wildman–Crippen MR) is 76.5 cm³/mol. The van der Waals surface area contributed by atoms with Gasteiger partial charge < -0.3 is 9.47 Å². The van der Waals surface area contributed by atoms with E-state index in [0.29, 0.717) is 5.56 Å². The second kappa shape index (κ2) is 6.89. The quantitative estimate of drug-likeness (QED) is 0.613. The molecule has 0 saturated carbocycles. The Kier molecular flexibility index (Phi) is 5.50. The molecule has 0 amide bonds. The number of carbonyl (C=O) groups is 2. The van der Waals surface area contributed by atoms with Crippen molar-refractivity contribution < 1.29 is 19.1 Å². The molecule has 4 heteroatoms. The standard InChI is InChI=1S/C16H20O4/c1-5-10-19-15(18)13-8-6-12(7-9-13)11-14(17)20-16(2,3)4/h5-9H,1,10-11H2,2-4H3. The van der Waals surface area contributed by atoms with Crippen molar-refractivity contribution in [3.63, 3.8) is 0 Å². The lowest BCUT2D eigenvalue weighted by Crippen LogP contribution is -2.24. The average molecular weight is 276 g/mol. The van der Waals surface area contributed by atoms with Crippen LogP contribution in [0.15, 0.2) is 36.9 Å². The summed E-state index contributed by atoms with van der Waals surface area (Å²) in [5, 5.41) is 0. The summed E-state index contributed by atoms with van der Waals surface area (Å²) in [6.45, 7) is 9.12. The lowest BCUT2D eigenvalue weighted by Gasteiger charge is -2.19. The molecular formula is C16H20O4. The Hall–Kier alpha value is -2.10. The molecule has 4 nitrogen and oxygen atoms in total. The number of carbonyl (C=O) groups excluding carboxylic acids is 2. The fourth-order valence-electron chi connectivity index (χ4n) is 1.52. The molecule has 0 N–H and O–H groups in total. The van der Waals surface area contributed by atoms with Gasteiger partial charge >= 0.3 is 11.9 Å². The lowest BCUT2D eigenvalue weighted by molar-refractivity contribution is -0.153. The van der Waals surface area contributed by atoms with Gasteiger partial charge in [0.05, 0.1) is 12.0 Å². The third-order valence-electron chi connectivity index (χ3n) is 2.29. The minimum absolute atomic E-state index is 0.179. The summed E-state index contributed by atoms with van der Waals surface area (Å²) in [6.07, 6.45) is 1.69. The van der Waals surface area contributed by atoms with Crippen molar-refractivity contribution in [2.24, 2.45) is 0 Å². The normalized spacial score (nSPS) is 10.8. The van der Waals surface area contributed by atoms with Crippen LogP contribution in [0.2, 0.25) is 0 Å². The Morgan fingerprint density at radius 3 is 2.30 bits per heavy atom. The van der Waals surface area contributed by atoms with Crippen LogP contribution in [0.4, 0.5) is 0 Å². The van der Waals surface area contributed by atoms with Gasteiger partial charge in [-0.25, -0.2) is 4.79 Å². The molecule has 0 unspecified atom stereocenters. The molecule has 0 fully saturated rings. The Balaban J connectivity index is 2.60. The highest BCUT2D eigenvalue weighted by molar-refractivity contribution is 5.89. The van der Waals surface area contributed by atoms with Crippen LogP contribution in [0.1, 0.15) is 36.7 Å². The van der Waals surface area contributed by atoms with Gasteiger partial charge in [-0.1, -0.05) is 24.8 Å². The largest absolute Gasteiger partial charge is 0.460 e. The molecule has 20 heavy (non-hydrogen) atoms. The van der Waals surface area contributed by atoms with E-state index in [1.807, 2.05) is 20.8 Å². The molecule has 0 heterocycles. The number of esters is 2. The fourth-order valence-corrected chi connectivity index (χ4v) is 1.52. The summed E-state index contributed by atoms with van der Waals surface area (Å²) in [5.74, 6) is -0.701. The monoisotopic (exact) mass is 276 g/mol. The minimum atomic E-state index is -0.495. The van der Waals surface area contributed by atoms with Crippen LogP contribution in [0.25, 0.3) is 0 Å². The predicted octanol–water partition coefficient (Wildman–Crippen LogP) is 2.91. The zero-order chi connectivity index (χ0) is 15.2. The molecule has 108 valence electrons. The molecule has 0 spiro atoms. The van der Waals surface area contributed by atoms with Gasteiger partial charge in [-0.05, 0) is 38.5 Å². The SMILES string of the molecule is C=CCOC(=O)c1ccc(CC(=O)OC(C)(C)C)cc1. The molecule has 0 aliphatic heterocycles. The third kappa shape index (κ3) is 5.69. The van der Waals surface area contributed by atoms with Gasteiger partial charge in [0, 0.05) is 0 Å². The summed E-state index contributed by atoms with van der Waals surface area (Å²) < 4.78 is 10.1. The smallest absolute Gasteiger partial charge is 0.338 e. The van der Waals surface area contributed by atoms with E-state index in [0.717, 1.165) is 5.56 Å². The van der Waals surface area contributed by atoms with E-state index in [1.165, 1.54) is 6.08 Å². The van der Waals surface area contributed by atoms with Gasteiger partial charge in [0.1, 0.15) is 12.2 Å². The molecule has 1 aromatic rings. The van der Waals surface area contributed by atoms with Crippen LogP contribution in [0, 0.1) is 0 Å². The van der Waals surface area contributed by atoms with Crippen molar-refractivity contribution >= 4 is 11.9 Å². The number of hydrogen-bond acceptors (Lipinski definition) is 4. The molecule has 0 radical (unpaired) electrons. The molecule has 0 bridgehead atoms. The second-order valence-corrected chi connectivity index (χ2v) is 5.35. The zero-order valence-corrected chi connectivity index (χ0v) is 12.1. The van der Waals surface area contributed by atoms with E-state index in [-0.39, 0.29) is 19.0 Å². The molecule has 0 aromatic heterocycles. The van der Waals surface area contributed by atoms with Crippen molar-refractivity contribution in [3.8, 4) is 0 Å². The fraction of sp³-hybridized carbons (Fsp3) is 0.375. The van der Waals surface area contributed by atoms with Crippen LogP contribution in [0.5, 0.6) is 0 Å². The van der Waals surface area contributed by atoms with E-state index < -0.39 is 11.6 Å². The highest BCUT2D eigenvalue weighted by atomic mass is 16.6. The first kappa shape index (κ1) is 16.0. The molecular weight excluding hydrogens is 256 g/mol. The molecule has 1 rings (SSSR count). The van der Waals surface area contributed by atoms with Gasteiger partial charge in [-0.15, -0.1) is 0 Å². The van der Waals surface area contributed by atoms with Crippen molar-refractivity contribution in [2.75, 3.05) is 6.61 Å². The van der Waals surface area contributed by atoms with Gasteiger partial charge in [0.2, 0.25) is 0 Å². The highest BCUT2D eigenvalue weighted by Crippen LogP contribution is 2.11. The summed E-state index contributed by atoms with van der Waals surface area (Å²) in [4.78, 5) is 23.2. The summed E-state index contributed by atoms with van der Waals surface area (Å²) in [7, 11) is 0. The summed E-state index contributed by atoms with van der Waals surface area (Å²) >= 11 is 0. The lowest BCUT2D eigenvalue weighted by atomic mass is 10.1. The minimum Gasteiger partial charge on any atom is -0.460 e. The van der Waals surface area contributed by atoms with Gasteiger partial charge in [0.25, 0.3) is 0 Å². The molecule has 0 atom stereocenters. The first-order valence-corrected chi connectivity index (χ1v) is 6.40. The first-order valence-electron chi connectivity index (χ1n) is 6.40. The molecule has 0 aliphatic carbocycles. The van der Waals surface area contributed by atoms with E-state index >= 15 is 0 Å². The molecule has 1 aromatic carbocycles. The maximum absolute atomic E-state index is 11.7. The van der Waals surface area contributed by atoms with Gasteiger partial charge in [0.15, 0.2) is 0 Å². The Labute approximate surface area is 119 Å². The van der Waals surface area contributed by atoms with Crippen molar-refractivity contribution in [2.45, 2.75) is 32.8 Å². The Bertz CT molecular complexity index is 480. The van der Waals surface area contributed by atoms with E-state index in [9.17, 15) is 9.59 Å². The number of hydrogen-bond donors (Lipinski definition) is 0. The van der Waals surface area contributed by atoms with Gasteiger partial charge in [-0.2, -0.15) is 0 Å².